The van der Waals surface area contributed by atoms with E-state index in [-0.39, 0.29) is 0 Å². The van der Waals surface area contributed by atoms with Gasteiger partial charge in [-0.05, 0) is 17.7 Å². The molecular weight excluding hydrogens is 298 g/mol. The van der Waals surface area contributed by atoms with Crippen LogP contribution in [0.25, 0.3) is 22.0 Å². The van der Waals surface area contributed by atoms with Gasteiger partial charge in [0, 0.05) is 33.8 Å². The zero-order valence-electron chi connectivity index (χ0n) is 11.1. The molecule has 104 valence electrons. The van der Waals surface area contributed by atoms with E-state index in [2.05, 4.69) is 4.98 Å². The lowest BCUT2D eigenvalue weighted by atomic mass is 10.0. The summed E-state index contributed by atoms with van der Waals surface area (Å²) in [6.07, 6.45) is 1.96. The standard InChI is InChI=1S/C16H13N3S2/c17-15(20)10-3-1-2-9(6-10)13-8-19-14-7-11(16(18)21)4-5-12(13)14/h1-8,19H,(H2,17,20)(H2,18,21). The fourth-order valence-electron chi connectivity index (χ4n) is 2.36. The number of hydrogen-bond acceptors (Lipinski definition) is 2. The van der Waals surface area contributed by atoms with Crippen LogP contribution < -0.4 is 11.5 Å². The Morgan fingerprint density at radius 3 is 2.33 bits per heavy atom. The number of rotatable bonds is 3. The van der Waals surface area contributed by atoms with E-state index in [1.165, 1.54) is 0 Å². The van der Waals surface area contributed by atoms with Crippen molar-refractivity contribution in [1.82, 2.24) is 4.98 Å². The fraction of sp³-hybridized carbons (Fsp3) is 0. The van der Waals surface area contributed by atoms with Gasteiger partial charge in [0.15, 0.2) is 0 Å². The molecule has 0 atom stereocenters. The van der Waals surface area contributed by atoms with E-state index in [4.69, 9.17) is 35.9 Å². The molecule has 3 rings (SSSR count). The summed E-state index contributed by atoms with van der Waals surface area (Å²) in [6.45, 7) is 0. The molecule has 1 heterocycles. The lowest BCUT2D eigenvalue weighted by Gasteiger charge is -2.04. The first-order valence-electron chi connectivity index (χ1n) is 6.37. The highest BCUT2D eigenvalue weighted by atomic mass is 32.1. The van der Waals surface area contributed by atoms with Crippen LogP contribution in [0, 0.1) is 0 Å². The molecule has 0 aliphatic rings. The normalized spacial score (nSPS) is 10.7. The van der Waals surface area contributed by atoms with Gasteiger partial charge in [-0.1, -0.05) is 54.8 Å². The molecule has 0 unspecified atom stereocenters. The third kappa shape index (κ3) is 2.53. The summed E-state index contributed by atoms with van der Waals surface area (Å²) in [6, 6.07) is 13.8. The number of fused-ring (bicyclic) bond motifs is 1. The van der Waals surface area contributed by atoms with Crippen molar-refractivity contribution in [3.05, 3.63) is 59.8 Å². The van der Waals surface area contributed by atoms with Crippen LogP contribution in [0.3, 0.4) is 0 Å². The third-order valence-electron chi connectivity index (χ3n) is 3.42. The second-order valence-corrected chi connectivity index (χ2v) is 5.65. The average molecular weight is 311 g/mol. The number of benzene rings is 2. The van der Waals surface area contributed by atoms with Crippen molar-refractivity contribution >= 4 is 45.3 Å². The Morgan fingerprint density at radius 2 is 1.62 bits per heavy atom. The summed E-state index contributed by atoms with van der Waals surface area (Å²) < 4.78 is 0. The first-order valence-corrected chi connectivity index (χ1v) is 7.19. The minimum Gasteiger partial charge on any atom is -0.389 e. The molecule has 2 aromatic carbocycles. The summed E-state index contributed by atoms with van der Waals surface area (Å²) in [7, 11) is 0. The van der Waals surface area contributed by atoms with E-state index in [1.54, 1.807) is 0 Å². The van der Waals surface area contributed by atoms with Gasteiger partial charge in [-0.25, -0.2) is 0 Å². The number of aromatic amines is 1. The van der Waals surface area contributed by atoms with Crippen molar-refractivity contribution < 1.29 is 0 Å². The molecule has 0 saturated heterocycles. The minimum absolute atomic E-state index is 0.392. The van der Waals surface area contributed by atoms with E-state index in [1.807, 2.05) is 48.7 Å². The van der Waals surface area contributed by atoms with Crippen LogP contribution in [0.15, 0.2) is 48.7 Å². The number of thiocarbonyl (C=S) groups is 2. The van der Waals surface area contributed by atoms with Gasteiger partial charge in [0.25, 0.3) is 0 Å². The monoisotopic (exact) mass is 311 g/mol. The Hall–Kier alpha value is -2.24. The van der Waals surface area contributed by atoms with Gasteiger partial charge in [0.1, 0.15) is 9.98 Å². The van der Waals surface area contributed by atoms with Crippen molar-refractivity contribution in [2.24, 2.45) is 11.5 Å². The Morgan fingerprint density at radius 1 is 0.905 bits per heavy atom. The van der Waals surface area contributed by atoms with E-state index in [0.717, 1.165) is 33.2 Å². The number of H-pyrrole nitrogens is 1. The highest BCUT2D eigenvalue weighted by Gasteiger charge is 2.08. The van der Waals surface area contributed by atoms with Gasteiger partial charge >= 0.3 is 0 Å². The number of aromatic nitrogens is 1. The van der Waals surface area contributed by atoms with Crippen molar-refractivity contribution in [2.45, 2.75) is 0 Å². The van der Waals surface area contributed by atoms with Crippen LogP contribution >= 0.6 is 24.4 Å². The Kier molecular flexibility index (Phi) is 3.45. The topological polar surface area (TPSA) is 67.8 Å². The second-order valence-electron chi connectivity index (χ2n) is 4.77. The number of nitrogens with one attached hydrogen (secondary N) is 1. The zero-order valence-corrected chi connectivity index (χ0v) is 12.7. The summed E-state index contributed by atoms with van der Waals surface area (Å²) in [4.78, 5) is 4.04. The first-order chi connectivity index (χ1) is 10.1. The van der Waals surface area contributed by atoms with Crippen LogP contribution in [0.4, 0.5) is 0 Å². The number of nitrogens with two attached hydrogens (primary N) is 2. The molecule has 1 aromatic heterocycles. The summed E-state index contributed by atoms with van der Waals surface area (Å²) in [5, 5.41) is 1.11. The Labute approximate surface area is 133 Å². The predicted octanol–water partition coefficient (Wildman–Crippen LogP) is 3.10. The maximum Gasteiger partial charge on any atom is 0.104 e. The molecule has 0 aliphatic heterocycles. The maximum absolute atomic E-state index is 5.70. The largest absolute Gasteiger partial charge is 0.389 e. The Balaban J connectivity index is 2.15. The molecule has 3 nitrogen and oxygen atoms in total. The van der Waals surface area contributed by atoms with E-state index in [9.17, 15) is 0 Å². The van der Waals surface area contributed by atoms with Crippen molar-refractivity contribution in [3.8, 4) is 11.1 Å². The molecule has 0 amide bonds. The molecule has 5 heteroatoms. The highest BCUT2D eigenvalue weighted by molar-refractivity contribution is 7.80. The fourth-order valence-corrected chi connectivity index (χ4v) is 2.61. The lowest BCUT2D eigenvalue weighted by Crippen LogP contribution is -2.09. The molecule has 0 fully saturated rings. The van der Waals surface area contributed by atoms with Crippen LogP contribution in [0.2, 0.25) is 0 Å². The van der Waals surface area contributed by atoms with Gasteiger partial charge in [-0.3, -0.25) is 0 Å². The van der Waals surface area contributed by atoms with Gasteiger partial charge in [0.2, 0.25) is 0 Å². The summed E-state index contributed by atoms with van der Waals surface area (Å²) in [5.41, 5.74) is 16.2. The van der Waals surface area contributed by atoms with Crippen molar-refractivity contribution in [1.29, 1.82) is 0 Å². The molecule has 0 bridgehead atoms. The van der Waals surface area contributed by atoms with E-state index >= 15 is 0 Å². The van der Waals surface area contributed by atoms with Gasteiger partial charge in [-0.15, -0.1) is 0 Å². The van der Waals surface area contributed by atoms with Crippen molar-refractivity contribution in [3.63, 3.8) is 0 Å². The third-order valence-corrected chi connectivity index (χ3v) is 3.90. The van der Waals surface area contributed by atoms with Crippen molar-refractivity contribution in [2.75, 3.05) is 0 Å². The molecule has 0 spiro atoms. The van der Waals surface area contributed by atoms with E-state index in [0.29, 0.717) is 9.98 Å². The van der Waals surface area contributed by atoms with Gasteiger partial charge in [-0.2, -0.15) is 0 Å². The molecule has 0 saturated carbocycles. The maximum atomic E-state index is 5.70. The molecule has 0 aliphatic carbocycles. The Bertz CT molecular complexity index is 865. The lowest BCUT2D eigenvalue weighted by molar-refractivity contribution is 1.47. The van der Waals surface area contributed by atoms with Crippen LogP contribution in [0.5, 0.6) is 0 Å². The summed E-state index contributed by atoms with van der Waals surface area (Å²) in [5.74, 6) is 0. The SMILES string of the molecule is NC(=S)c1cccc(-c2c[nH]c3cc(C(N)=S)ccc23)c1. The molecule has 0 radical (unpaired) electrons. The van der Waals surface area contributed by atoms with Crippen LogP contribution in [0.1, 0.15) is 11.1 Å². The predicted molar refractivity (Wildman–Crippen MR) is 95.5 cm³/mol. The van der Waals surface area contributed by atoms with Gasteiger partial charge < -0.3 is 16.5 Å². The smallest absolute Gasteiger partial charge is 0.104 e. The molecular formula is C16H13N3S2. The average Bonchev–Trinajstić information content (AvgIpc) is 2.90. The zero-order chi connectivity index (χ0) is 15.0. The first kappa shape index (κ1) is 13.7. The highest BCUT2D eigenvalue weighted by Crippen LogP contribution is 2.29. The van der Waals surface area contributed by atoms with Crippen LogP contribution in [-0.4, -0.2) is 15.0 Å². The minimum atomic E-state index is 0.392. The van der Waals surface area contributed by atoms with E-state index < -0.39 is 0 Å². The quantitative estimate of drug-likeness (QED) is 0.650. The van der Waals surface area contributed by atoms with Gasteiger partial charge in [0.05, 0.1) is 0 Å². The summed E-state index contributed by atoms with van der Waals surface area (Å²) >= 11 is 10.0. The molecule has 5 N–H and O–H groups in total. The molecule has 21 heavy (non-hydrogen) atoms. The second kappa shape index (κ2) is 5.27. The van der Waals surface area contributed by atoms with Crippen LogP contribution in [-0.2, 0) is 0 Å². The molecule has 3 aromatic rings. The number of hydrogen-bond donors (Lipinski definition) is 3.